The average molecular weight is 430 g/mol. The van der Waals surface area contributed by atoms with Crippen molar-refractivity contribution in [1.82, 2.24) is 0 Å². The molecule has 8 heteroatoms. The smallest absolute Gasteiger partial charge is 0.341 e. The lowest BCUT2D eigenvalue weighted by Crippen LogP contribution is -2.15. The van der Waals surface area contributed by atoms with Crippen molar-refractivity contribution in [2.45, 2.75) is 10.6 Å². The number of carbonyl (C=O) groups excluding carboxylic acids is 1. The molecule has 0 atom stereocenters. The van der Waals surface area contributed by atoms with Gasteiger partial charge in [0.1, 0.15) is 17.9 Å². The molecule has 2 aromatic carbocycles. The second-order valence-electron chi connectivity index (χ2n) is 6.39. The van der Waals surface area contributed by atoms with Crippen LogP contribution in [0.4, 0.5) is 0 Å². The summed E-state index contributed by atoms with van der Waals surface area (Å²) in [5, 5.41) is 0. The van der Waals surface area contributed by atoms with E-state index in [1.807, 2.05) is 0 Å². The van der Waals surface area contributed by atoms with Crippen molar-refractivity contribution < 1.29 is 31.8 Å². The van der Waals surface area contributed by atoms with Gasteiger partial charge in [0.15, 0.2) is 9.84 Å². The summed E-state index contributed by atoms with van der Waals surface area (Å²) in [5.41, 5.74) is 1.61. The normalized spacial score (nSPS) is 11.3. The summed E-state index contributed by atoms with van der Waals surface area (Å²) >= 11 is 0. The van der Waals surface area contributed by atoms with Gasteiger partial charge in [0, 0.05) is 18.2 Å². The fraction of sp³-hybridized carbons (Fsp3) is 0.227. The van der Waals surface area contributed by atoms with Crippen LogP contribution in [0.1, 0.15) is 15.9 Å². The lowest BCUT2D eigenvalue weighted by Gasteiger charge is -2.18. The van der Waals surface area contributed by atoms with Crippen LogP contribution < -0.4 is 4.74 Å². The standard InChI is InChI=1S/C22H22O7S/c1-26-12-13-29-21-19(16-10-11-28-14-16)9-8-17(20(21)22(23)27-2)15-30(24,25)18-6-4-3-5-7-18/h3-11,14H,12-13,15H2,1-2H3. The van der Waals surface area contributed by atoms with Gasteiger partial charge in [-0.1, -0.05) is 30.3 Å². The van der Waals surface area contributed by atoms with Crippen LogP contribution in [-0.4, -0.2) is 41.8 Å². The van der Waals surface area contributed by atoms with Gasteiger partial charge in [0.25, 0.3) is 0 Å². The maximum absolute atomic E-state index is 12.9. The van der Waals surface area contributed by atoms with Crippen molar-refractivity contribution in [3.63, 3.8) is 0 Å². The molecular formula is C22H22O7S. The van der Waals surface area contributed by atoms with Gasteiger partial charge < -0.3 is 18.6 Å². The Morgan fingerprint density at radius 2 is 1.77 bits per heavy atom. The molecular weight excluding hydrogens is 408 g/mol. The summed E-state index contributed by atoms with van der Waals surface area (Å²) < 4.78 is 46.8. The van der Waals surface area contributed by atoms with Crippen LogP contribution in [0.25, 0.3) is 11.1 Å². The second-order valence-corrected chi connectivity index (χ2v) is 8.38. The summed E-state index contributed by atoms with van der Waals surface area (Å²) in [4.78, 5) is 12.8. The van der Waals surface area contributed by atoms with E-state index in [0.717, 1.165) is 0 Å². The monoisotopic (exact) mass is 430 g/mol. The Hall–Kier alpha value is -3.10. The average Bonchev–Trinajstić information content (AvgIpc) is 3.28. The van der Waals surface area contributed by atoms with Gasteiger partial charge in [-0.15, -0.1) is 0 Å². The molecule has 0 aliphatic carbocycles. The minimum Gasteiger partial charge on any atom is -0.490 e. The second kappa shape index (κ2) is 9.60. The van der Waals surface area contributed by atoms with E-state index < -0.39 is 15.8 Å². The predicted octanol–water partition coefficient (Wildman–Crippen LogP) is 3.73. The number of benzene rings is 2. The Morgan fingerprint density at radius 3 is 2.40 bits per heavy atom. The van der Waals surface area contributed by atoms with Crippen LogP contribution in [0.15, 0.2) is 70.4 Å². The lowest BCUT2D eigenvalue weighted by atomic mass is 9.99. The number of rotatable bonds is 9. The molecule has 0 spiro atoms. The van der Waals surface area contributed by atoms with E-state index >= 15 is 0 Å². The first-order valence-electron chi connectivity index (χ1n) is 9.14. The number of ether oxygens (including phenoxy) is 3. The first kappa shape index (κ1) is 21.6. The number of carbonyl (C=O) groups is 1. The van der Waals surface area contributed by atoms with E-state index in [4.69, 9.17) is 18.6 Å². The zero-order valence-corrected chi connectivity index (χ0v) is 17.5. The van der Waals surface area contributed by atoms with Gasteiger partial charge >= 0.3 is 5.97 Å². The SMILES string of the molecule is COCCOc1c(-c2ccoc2)ccc(CS(=O)(=O)c2ccccc2)c1C(=O)OC. The highest BCUT2D eigenvalue weighted by Gasteiger charge is 2.26. The minimum absolute atomic E-state index is 0.0619. The molecule has 0 unspecified atom stereocenters. The van der Waals surface area contributed by atoms with Gasteiger partial charge in [0.05, 0.1) is 36.9 Å². The highest BCUT2D eigenvalue weighted by atomic mass is 32.2. The Morgan fingerprint density at radius 1 is 1.00 bits per heavy atom. The topological polar surface area (TPSA) is 92.0 Å². The summed E-state index contributed by atoms with van der Waals surface area (Å²) in [6.07, 6.45) is 3.01. The first-order valence-corrected chi connectivity index (χ1v) is 10.8. The van der Waals surface area contributed by atoms with Crippen molar-refractivity contribution in [2.75, 3.05) is 27.4 Å². The van der Waals surface area contributed by atoms with Crippen molar-refractivity contribution in [1.29, 1.82) is 0 Å². The van der Waals surface area contributed by atoms with Crippen LogP contribution in [-0.2, 0) is 25.1 Å². The third-order valence-corrected chi connectivity index (χ3v) is 6.13. The molecule has 0 aliphatic rings. The molecule has 1 heterocycles. The quantitative estimate of drug-likeness (QED) is 0.377. The molecule has 3 rings (SSSR count). The third kappa shape index (κ3) is 4.72. The molecule has 0 bridgehead atoms. The molecule has 1 aromatic heterocycles. The molecule has 0 fully saturated rings. The summed E-state index contributed by atoms with van der Waals surface area (Å²) in [6.45, 7) is 0.457. The molecule has 0 N–H and O–H groups in total. The summed E-state index contributed by atoms with van der Waals surface area (Å²) in [7, 11) is -0.923. The summed E-state index contributed by atoms with van der Waals surface area (Å²) in [5.74, 6) is -0.847. The molecule has 0 saturated carbocycles. The zero-order chi connectivity index (χ0) is 21.6. The van der Waals surface area contributed by atoms with E-state index in [1.165, 1.54) is 38.9 Å². The molecule has 3 aromatic rings. The van der Waals surface area contributed by atoms with E-state index in [-0.39, 0.29) is 40.7 Å². The molecule has 0 radical (unpaired) electrons. The number of methoxy groups -OCH3 is 2. The molecule has 0 amide bonds. The highest BCUT2D eigenvalue weighted by Crippen LogP contribution is 2.37. The van der Waals surface area contributed by atoms with E-state index in [9.17, 15) is 13.2 Å². The Balaban J connectivity index is 2.13. The van der Waals surface area contributed by atoms with Gasteiger partial charge in [-0.25, -0.2) is 13.2 Å². The van der Waals surface area contributed by atoms with Crippen LogP contribution >= 0.6 is 0 Å². The van der Waals surface area contributed by atoms with Crippen LogP contribution in [0, 0.1) is 0 Å². The van der Waals surface area contributed by atoms with Crippen molar-refractivity contribution >= 4 is 15.8 Å². The van der Waals surface area contributed by atoms with E-state index in [2.05, 4.69) is 0 Å². The Bertz CT molecular complexity index is 1090. The number of sulfone groups is 1. The van der Waals surface area contributed by atoms with Crippen LogP contribution in [0.2, 0.25) is 0 Å². The van der Waals surface area contributed by atoms with Gasteiger partial charge in [0.2, 0.25) is 0 Å². The minimum atomic E-state index is -3.69. The first-order chi connectivity index (χ1) is 14.5. The molecule has 158 valence electrons. The molecule has 7 nitrogen and oxygen atoms in total. The third-order valence-electron chi connectivity index (χ3n) is 4.45. The van der Waals surface area contributed by atoms with Crippen molar-refractivity contribution in [2.24, 2.45) is 0 Å². The maximum atomic E-state index is 12.9. The van der Waals surface area contributed by atoms with E-state index in [1.54, 1.807) is 36.4 Å². The predicted molar refractivity (Wildman–Crippen MR) is 110 cm³/mol. The fourth-order valence-electron chi connectivity index (χ4n) is 3.01. The Kier molecular flexibility index (Phi) is 6.91. The maximum Gasteiger partial charge on any atom is 0.341 e. The molecule has 0 aliphatic heterocycles. The fourth-order valence-corrected chi connectivity index (χ4v) is 4.40. The van der Waals surface area contributed by atoms with Gasteiger partial charge in [-0.3, -0.25) is 0 Å². The zero-order valence-electron chi connectivity index (χ0n) is 16.7. The van der Waals surface area contributed by atoms with E-state index in [0.29, 0.717) is 11.1 Å². The number of esters is 1. The summed E-state index contributed by atoms with van der Waals surface area (Å²) in [6, 6.07) is 13.1. The lowest BCUT2D eigenvalue weighted by molar-refractivity contribution is 0.0593. The number of furan rings is 1. The van der Waals surface area contributed by atoms with Gasteiger partial charge in [-0.05, 0) is 23.8 Å². The number of hydrogen-bond acceptors (Lipinski definition) is 7. The largest absolute Gasteiger partial charge is 0.490 e. The molecule has 30 heavy (non-hydrogen) atoms. The van der Waals surface area contributed by atoms with Gasteiger partial charge in [-0.2, -0.15) is 0 Å². The Labute approximate surface area is 175 Å². The van der Waals surface area contributed by atoms with Crippen molar-refractivity contribution in [3.8, 4) is 16.9 Å². The van der Waals surface area contributed by atoms with Crippen LogP contribution in [0.5, 0.6) is 5.75 Å². The molecule has 0 saturated heterocycles. The van der Waals surface area contributed by atoms with Crippen molar-refractivity contribution in [3.05, 3.63) is 72.2 Å². The highest BCUT2D eigenvalue weighted by molar-refractivity contribution is 7.90. The van der Waals surface area contributed by atoms with Crippen LogP contribution in [0.3, 0.4) is 0 Å². The number of hydrogen-bond donors (Lipinski definition) is 0.